The molecule has 0 bridgehead atoms. The minimum Gasteiger partial charge on any atom is -0.353 e. The number of nitrogens with one attached hydrogen (secondary N) is 1. The monoisotopic (exact) mass is 697 g/mol. The molecular weight excluding hydrogens is 643 g/mol. The van der Waals surface area contributed by atoms with Crippen LogP contribution < -0.4 is 0 Å². The summed E-state index contributed by atoms with van der Waals surface area (Å²) in [6.07, 6.45) is 1.94. The number of aromatic nitrogens is 3. The van der Waals surface area contributed by atoms with Gasteiger partial charge in [-0.1, -0.05) is 132 Å². The van der Waals surface area contributed by atoms with E-state index in [1.807, 2.05) is 6.20 Å². The highest BCUT2D eigenvalue weighted by Gasteiger charge is 2.26. The number of hydrogen-bond donors (Lipinski definition) is 1. The smallest absolute Gasteiger partial charge is 0.0733 e. The van der Waals surface area contributed by atoms with Crippen molar-refractivity contribution in [2.75, 3.05) is 0 Å². The molecule has 53 heavy (non-hydrogen) atoms. The number of hydrogen-bond acceptors (Lipinski definition) is 2. The summed E-state index contributed by atoms with van der Waals surface area (Å²) in [6, 6.07) is 38.0. The van der Waals surface area contributed by atoms with Crippen molar-refractivity contribution in [1.82, 2.24) is 15.0 Å². The van der Waals surface area contributed by atoms with Gasteiger partial charge in [0.2, 0.25) is 0 Å². The molecular formula is C50H55N3. The molecule has 0 radical (unpaired) electrons. The highest BCUT2D eigenvalue weighted by atomic mass is 14.8. The molecule has 1 N–H and O–H groups in total. The van der Waals surface area contributed by atoms with E-state index in [1.165, 1.54) is 38.6 Å². The van der Waals surface area contributed by atoms with Crippen molar-refractivity contribution >= 4 is 21.8 Å². The van der Waals surface area contributed by atoms with Gasteiger partial charge in [-0.15, -0.1) is 0 Å². The van der Waals surface area contributed by atoms with E-state index in [2.05, 4.69) is 191 Å². The lowest BCUT2D eigenvalue weighted by atomic mass is 9.82. The van der Waals surface area contributed by atoms with Gasteiger partial charge in [0.05, 0.1) is 28.1 Å². The van der Waals surface area contributed by atoms with Crippen LogP contribution in [0.4, 0.5) is 0 Å². The number of benzene rings is 4. The van der Waals surface area contributed by atoms with E-state index in [-0.39, 0.29) is 21.7 Å². The topological polar surface area (TPSA) is 41.6 Å². The second-order valence-electron chi connectivity index (χ2n) is 19.0. The first kappa shape index (κ1) is 36.3. The van der Waals surface area contributed by atoms with E-state index in [9.17, 15) is 0 Å². The quantitative estimate of drug-likeness (QED) is 0.199. The molecule has 7 rings (SSSR count). The Morgan fingerprint density at radius 1 is 0.396 bits per heavy atom. The lowest BCUT2D eigenvalue weighted by molar-refractivity contribution is 0.588. The fourth-order valence-corrected chi connectivity index (χ4v) is 7.16. The molecule has 3 aromatic heterocycles. The Balaban J connectivity index is 1.55. The molecule has 0 aliphatic heterocycles. The van der Waals surface area contributed by atoms with E-state index >= 15 is 0 Å². The molecule has 7 aromatic rings. The minimum atomic E-state index is -0.0753. The van der Waals surface area contributed by atoms with Gasteiger partial charge in [-0.3, -0.25) is 4.98 Å². The van der Waals surface area contributed by atoms with Crippen LogP contribution in [0.1, 0.15) is 105 Å². The third-order valence-corrected chi connectivity index (χ3v) is 10.7. The lowest BCUT2D eigenvalue weighted by Crippen LogP contribution is -2.13. The fraction of sp³-hybridized carbons (Fsp3) is 0.320. The van der Waals surface area contributed by atoms with Crippen molar-refractivity contribution in [3.63, 3.8) is 0 Å². The molecule has 4 aromatic carbocycles. The maximum Gasteiger partial charge on any atom is 0.0733 e. The Kier molecular flexibility index (Phi) is 8.80. The molecule has 3 heteroatoms. The average Bonchev–Trinajstić information content (AvgIpc) is 3.48. The molecule has 3 nitrogen and oxygen atoms in total. The van der Waals surface area contributed by atoms with Gasteiger partial charge >= 0.3 is 0 Å². The number of nitrogens with zero attached hydrogens (tertiary/aromatic N) is 2. The number of aromatic amines is 1. The van der Waals surface area contributed by atoms with Gasteiger partial charge in [-0.25, -0.2) is 4.98 Å². The molecule has 0 spiro atoms. The number of fused-ring (bicyclic) bond motifs is 3. The van der Waals surface area contributed by atoms with E-state index in [4.69, 9.17) is 9.97 Å². The molecule has 0 aliphatic carbocycles. The highest BCUT2D eigenvalue weighted by molar-refractivity contribution is 6.15. The van der Waals surface area contributed by atoms with E-state index in [0.717, 1.165) is 50.4 Å². The average molecular weight is 698 g/mol. The summed E-state index contributed by atoms with van der Waals surface area (Å²) in [5.41, 5.74) is 15.8. The second kappa shape index (κ2) is 12.8. The van der Waals surface area contributed by atoms with Gasteiger partial charge in [-0.2, -0.15) is 0 Å². The zero-order valence-corrected chi connectivity index (χ0v) is 33.8. The summed E-state index contributed by atoms with van der Waals surface area (Å²) in [5.74, 6) is 0. The molecule has 270 valence electrons. The standard InChI is InChI=1S/C50H55N3/c1-47(2,3)34-20-16-19-33(23-34)42-29-37(50(10,11)12)30-44(52-42)41-28-36(49(7,8)9)26-39-38-25-35(48(4,5)6)27-40(45(38)53-46(39)41)43-24-32(21-22-51-43)31-17-14-13-15-18-31/h13-30,53H,1-12H3. The van der Waals surface area contributed by atoms with Gasteiger partial charge in [0.15, 0.2) is 0 Å². The number of rotatable bonds is 4. The number of H-pyrrole nitrogens is 1. The highest BCUT2D eigenvalue weighted by Crippen LogP contribution is 2.43. The van der Waals surface area contributed by atoms with Gasteiger partial charge in [0.25, 0.3) is 0 Å². The van der Waals surface area contributed by atoms with E-state index < -0.39 is 0 Å². The van der Waals surface area contributed by atoms with Crippen molar-refractivity contribution in [2.24, 2.45) is 0 Å². The molecule has 0 fully saturated rings. The van der Waals surface area contributed by atoms with Crippen molar-refractivity contribution in [3.8, 4) is 44.9 Å². The lowest BCUT2D eigenvalue weighted by Gasteiger charge is -2.24. The fourth-order valence-electron chi connectivity index (χ4n) is 7.16. The summed E-state index contributed by atoms with van der Waals surface area (Å²) in [5, 5.41) is 2.43. The second-order valence-corrected chi connectivity index (χ2v) is 19.0. The van der Waals surface area contributed by atoms with Crippen LogP contribution >= 0.6 is 0 Å². The van der Waals surface area contributed by atoms with Crippen molar-refractivity contribution in [2.45, 2.75) is 105 Å². The van der Waals surface area contributed by atoms with Gasteiger partial charge in [0.1, 0.15) is 0 Å². The Bertz CT molecular complexity index is 2470. The summed E-state index contributed by atoms with van der Waals surface area (Å²) < 4.78 is 0. The van der Waals surface area contributed by atoms with Crippen LogP contribution in [0.3, 0.4) is 0 Å². The van der Waals surface area contributed by atoms with E-state index in [1.54, 1.807) is 0 Å². The van der Waals surface area contributed by atoms with Gasteiger partial charge < -0.3 is 4.98 Å². The summed E-state index contributed by atoms with van der Waals surface area (Å²) in [6.45, 7) is 27.5. The van der Waals surface area contributed by atoms with Gasteiger partial charge in [0, 0.05) is 33.7 Å². The van der Waals surface area contributed by atoms with Crippen LogP contribution in [0, 0.1) is 0 Å². The molecule has 0 saturated heterocycles. The summed E-state index contributed by atoms with van der Waals surface area (Å²) >= 11 is 0. The predicted molar refractivity (Wildman–Crippen MR) is 228 cm³/mol. The van der Waals surface area contributed by atoms with Crippen LogP contribution in [0.5, 0.6) is 0 Å². The van der Waals surface area contributed by atoms with Gasteiger partial charge in [-0.05, 0) is 110 Å². The summed E-state index contributed by atoms with van der Waals surface area (Å²) in [4.78, 5) is 14.5. The van der Waals surface area contributed by atoms with Crippen LogP contribution in [-0.2, 0) is 21.7 Å². The van der Waals surface area contributed by atoms with Crippen LogP contribution in [0.15, 0.2) is 109 Å². The maximum absolute atomic E-state index is 5.50. The third kappa shape index (κ3) is 7.19. The molecule has 0 amide bonds. The largest absolute Gasteiger partial charge is 0.353 e. The Morgan fingerprint density at radius 2 is 0.906 bits per heavy atom. The first-order valence-corrected chi connectivity index (χ1v) is 19.1. The van der Waals surface area contributed by atoms with Crippen LogP contribution in [0.25, 0.3) is 66.7 Å². The molecule has 3 heterocycles. The summed E-state index contributed by atoms with van der Waals surface area (Å²) in [7, 11) is 0. The number of pyridine rings is 2. The Labute approximate surface area is 317 Å². The minimum absolute atomic E-state index is 0.0388. The Hall–Kier alpha value is -5.02. The maximum atomic E-state index is 5.50. The molecule has 0 saturated carbocycles. The first-order chi connectivity index (χ1) is 24.8. The van der Waals surface area contributed by atoms with Crippen molar-refractivity contribution < 1.29 is 0 Å². The normalized spacial score (nSPS) is 12.9. The zero-order chi connectivity index (χ0) is 38.1. The predicted octanol–water partition coefficient (Wildman–Crippen LogP) is 14.0. The van der Waals surface area contributed by atoms with E-state index in [0.29, 0.717) is 0 Å². The first-order valence-electron chi connectivity index (χ1n) is 19.1. The molecule has 0 unspecified atom stereocenters. The van der Waals surface area contributed by atoms with Crippen LogP contribution in [0.2, 0.25) is 0 Å². The molecule has 0 aliphatic rings. The SMILES string of the molecule is CC(C)(C)c1cccc(-c2cc(C(C)(C)C)cc(-c3cc(C(C)(C)C)cc4c3[nH]c3c(-c5cc(-c6ccccc6)ccn5)cc(C(C)(C)C)cc34)n2)c1. The van der Waals surface area contributed by atoms with Crippen molar-refractivity contribution in [1.29, 1.82) is 0 Å². The Morgan fingerprint density at radius 3 is 1.47 bits per heavy atom. The van der Waals surface area contributed by atoms with Crippen LogP contribution in [-0.4, -0.2) is 15.0 Å². The zero-order valence-electron chi connectivity index (χ0n) is 33.8. The van der Waals surface area contributed by atoms with Crippen molar-refractivity contribution in [3.05, 3.63) is 132 Å². The third-order valence-electron chi connectivity index (χ3n) is 10.7. The molecule has 0 atom stereocenters.